The number of carbonyl (C=O) groups is 1. The van der Waals surface area contributed by atoms with Gasteiger partial charge in [-0.1, -0.05) is 6.92 Å². The highest BCUT2D eigenvalue weighted by molar-refractivity contribution is 7.80. The summed E-state index contributed by atoms with van der Waals surface area (Å²) in [4.78, 5) is 17.8. The van der Waals surface area contributed by atoms with Crippen molar-refractivity contribution in [3.63, 3.8) is 0 Å². The number of hydrogen-bond acceptors (Lipinski definition) is 6. The van der Waals surface area contributed by atoms with Gasteiger partial charge in [-0.2, -0.15) is 5.10 Å². The van der Waals surface area contributed by atoms with Crippen LogP contribution < -0.4 is 5.32 Å². The van der Waals surface area contributed by atoms with Gasteiger partial charge in [-0.25, -0.2) is 4.79 Å². The van der Waals surface area contributed by atoms with Crippen LogP contribution in [0.25, 0.3) is 0 Å². The topological polar surface area (TPSA) is 62.6 Å². The van der Waals surface area contributed by atoms with E-state index in [0.29, 0.717) is 10.7 Å². The molecule has 0 atom stereocenters. The van der Waals surface area contributed by atoms with Crippen molar-refractivity contribution >= 4 is 39.6 Å². The number of nitrogens with zero attached hydrogens (tertiary/aromatic N) is 4. The minimum atomic E-state index is -0.335. The predicted octanol–water partition coefficient (Wildman–Crippen LogP) is 2.96. The van der Waals surface area contributed by atoms with Crippen LogP contribution in [0.3, 0.4) is 0 Å². The van der Waals surface area contributed by atoms with Crippen molar-refractivity contribution in [1.29, 1.82) is 0 Å². The molecule has 3 rings (SSSR count). The smallest absolute Gasteiger partial charge is 0.340 e. The normalized spacial score (nSPS) is 14.9. The second-order valence-electron chi connectivity index (χ2n) is 7.27. The molecule has 2 aromatic rings. The Labute approximate surface area is 181 Å². The molecule has 3 heterocycles. The van der Waals surface area contributed by atoms with E-state index in [2.05, 4.69) is 41.0 Å². The Hall–Kier alpha value is -1.97. The van der Waals surface area contributed by atoms with Crippen molar-refractivity contribution in [3.05, 3.63) is 33.5 Å². The zero-order chi connectivity index (χ0) is 21.1. The molecule has 1 fully saturated rings. The van der Waals surface area contributed by atoms with Gasteiger partial charge >= 0.3 is 5.97 Å². The number of thiocarbonyl (C=S) groups is 1. The molecule has 1 N–H and O–H groups in total. The van der Waals surface area contributed by atoms with Gasteiger partial charge in [0, 0.05) is 55.9 Å². The molecule has 0 amide bonds. The van der Waals surface area contributed by atoms with Crippen LogP contribution in [0.15, 0.2) is 6.07 Å². The number of aryl methyl sites for hydroxylation is 3. The number of nitrogens with one attached hydrogen (secondary N) is 1. The van der Waals surface area contributed by atoms with Crippen molar-refractivity contribution in [1.82, 2.24) is 19.6 Å². The molecule has 158 valence electrons. The Bertz CT molecular complexity index is 897. The molecule has 1 aliphatic rings. The van der Waals surface area contributed by atoms with Crippen LogP contribution in [0.4, 0.5) is 5.00 Å². The van der Waals surface area contributed by atoms with Gasteiger partial charge in [0.05, 0.1) is 18.4 Å². The standard InChI is InChI=1S/C20H29N5O2S2/c1-6-15-11-16(19(26)27-5)18(29-15)21-20(28)25-9-7-24(8-10-25)12-17-13(2)22-23(4)14(17)3/h11H,6-10,12H2,1-5H3,(H,21,28). The van der Waals surface area contributed by atoms with E-state index in [0.717, 1.165) is 54.7 Å². The molecule has 0 bridgehead atoms. The minimum absolute atomic E-state index is 0.335. The number of carbonyl (C=O) groups excluding carboxylic acids is 1. The highest BCUT2D eigenvalue weighted by Gasteiger charge is 2.23. The molecule has 0 radical (unpaired) electrons. The molecule has 0 saturated carbocycles. The summed E-state index contributed by atoms with van der Waals surface area (Å²) < 4.78 is 6.86. The van der Waals surface area contributed by atoms with Crippen molar-refractivity contribution in [3.8, 4) is 0 Å². The summed E-state index contributed by atoms with van der Waals surface area (Å²) >= 11 is 7.19. The van der Waals surface area contributed by atoms with Gasteiger partial charge in [0.25, 0.3) is 0 Å². The second-order valence-corrected chi connectivity index (χ2v) is 8.79. The van der Waals surface area contributed by atoms with Crippen LogP contribution in [-0.2, 0) is 24.8 Å². The van der Waals surface area contributed by atoms with Gasteiger partial charge in [0.1, 0.15) is 5.00 Å². The number of aromatic nitrogens is 2. The number of methoxy groups -OCH3 is 1. The Balaban J connectivity index is 1.59. The first-order valence-corrected chi connectivity index (χ1v) is 11.0. The quantitative estimate of drug-likeness (QED) is 0.572. The fourth-order valence-electron chi connectivity index (χ4n) is 3.53. The summed E-state index contributed by atoms with van der Waals surface area (Å²) in [6.07, 6.45) is 0.870. The number of rotatable bonds is 5. The van der Waals surface area contributed by atoms with Crippen molar-refractivity contribution in [2.45, 2.75) is 33.7 Å². The summed E-state index contributed by atoms with van der Waals surface area (Å²) in [5.41, 5.74) is 4.19. The van der Waals surface area contributed by atoms with Crippen LogP contribution in [0, 0.1) is 13.8 Å². The third kappa shape index (κ3) is 4.79. The van der Waals surface area contributed by atoms with Crippen molar-refractivity contribution in [2.75, 3.05) is 38.6 Å². The molecular weight excluding hydrogens is 406 g/mol. The highest BCUT2D eigenvalue weighted by atomic mass is 32.1. The van der Waals surface area contributed by atoms with Gasteiger partial charge in [-0.15, -0.1) is 11.3 Å². The first-order valence-electron chi connectivity index (χ1n) is 9.82. The number of esters is 1. The molecule has 1 saturated heterocycles. The summed E-state index contributed by atoms with van der Waals surface area (Å²) in [7, 11) is 3.39. The Morgan fingerprint density at radius 3 is 2.55 bits per heavy atom. The van der Waals surface area contributed by atoms with E-state index in [-0.39, 0.29) is 5.97 Å². The molecule has 0 spiro atoms. The van der Waals surface area contributed by atoms with Crippen LogP contribution >= 0.6 is 23.6 Å². The fraction of sp³-hybridized carbons (Fsp3) is 0.550. The van der Waals surface area contributed by atoms with E-state index in [1.165, 1.54) is 18.4 Å². The monoisotopic (exact) mass is 435 g/mol. The lowest BCUT2D eigenvalue weighted by Gasteiger charge is -2.36. The van der Waals surface area contributed by atoms with E-state index in [9.17, 15) is 4.79 Å². The van der Waals surface area contributed by atoms with Gasteiger partial charge in [-0.05, 0) is 38.6 Å². The first-order chi connectivity index (χ1) is 13.8. The zero-order valence-electron chi connectivity index (χ0n) is 17.7. The molecule has 0 aliphatic carbocycles. The molecule has 0 unspecified atom stereocenters. The van der Waals surface area contributed by atoms with E-state index in [1.54, 1.807) is 11.3 Å². The number of thiophene rings is 1. The van der Waals surface area contributed by atoms with Crippen molar-refractivity contribution < 1.29 is 9.53 Å². The number of piperazine rings is 1. The molecule has 9 heteroatoms. The van der Waals surface area contributed by atoms with Gasteiger partial charge in [-0.3, -0.25) is 9.58 Å². The molecular formula is C20H29N5O2S2. The number of ether oxygens (including phenoxy) is 1. The van der Waals surface area contributed by atoms with Gasteiger partial charge < -0.3 is 15.0 Å². The summed E-state index contributed by atoms with van der Waals surface area (Å²) in [5, 5.41) is 9.22. The van der Waals surface area contributed by atoms with Crippen LogP contribution in [-0.4, -0.2) is 64.0 Å². The Morgan fingerprint density at radius 1 is 1.31 bits per heavy atom. The Morgan fingerprint density at radius 2 is 2.00 bits per heavy atom. The van der Waals surface area contributed by atoms with E-state index in [1.807, 2.05) is 17.8 Å². The Kier molecular flexibility index (Phi) is 6.92. The third-order valence-corrected chi connectivity index (χ3v) is 7.01. The van der Waals surface area contributed by atoms with Crippen LogP contribution in [0.5, 0.6) is 0 Å². The predicted molar refractivity (Wildman–Crippen MR) is 121 cm³/mol. The first kappa shape index (κ1) is 21.7. The molecule has 0 aromatic carbocycles. The fourth-order valence-corrected chi connectivity index (χ4v) is 4.86. The van der Waals surface area contributed by atoms with Gasteiger partial charge in [0.2, 0.25) is 0 Å². The van der Waals surface area contributed by atoms with E-state index in [4.69, 9.17) is 17.0 Å². The molecule has 29 heavy (non-hydrogen) atoms. The average Bonchev–Trinajstić information content (AvgIpc) is 3.23. The third-order valence-electron chi connectivity index (χ3n) is 5.46. The minimum Gasteiger partial charge on any atom is -0.465 e. The molecule has 1 aliphatic heterocycles. The molecule has 2 aromatic heterocycles. The van der Waals surface area contributed by atoms with E-state index >= 15 is 0 Å². The second kappa shape index (κ2) is 9.23. The summed E-state index contributed by atoms with van der Waals surface area (Å²) in [6, 6.07) is 1.89. The van der Waals surface area contributed by atoms with E-state index < -0.39 is 0 Å². The molecule has 7 nitrogen and oxygen atoms in total. The lowest BCUT2D eigenvalue weighted by molar-refractivity contribution is 0.0602. The van der Waals surface area contributed by atoms with Gasteiger partial charge in [0.15, 0.2) is 5.11 Å². The largest absolute Gasteiger partial charge is 0.465 e. The number of hydrogen-bond donors (Lipinski definition) is 1. The number of anilines is 1. The average molecular weight is 436 g/mol. The maximum Gasteiger partial charge on any atom is 0.340 e. The van der Waals surface area contributed by atoms with Crippen LogP contribution in [0.2, 0.25) is 0 Å². The summed E-state index contributed by atoms with van der Waals surface area (Å²) in [6.45, 7) is 10.7. The lowest BCUT2D eigenvalue weighted by Crippen LogP contribution is -2.49. The summed E-state index contributed by atoms with van der Waals surface area (Å²) in [5.74, 6) is -0.335. The van der Waals surface area contributed by atoms with Crippen molar-refractivity contribution in [2.24, 2.45) is 7.05 Å². The maximum atomic E-state index is 12.1. The van der Waals surface area contributed by atoms with Crippen LogP contribution in [0.1, 0.15) is 39.1 Å². The SMILES string of the molecule is CCc1cc(C(=O)OC)c(NC(=S)N2CCN(Cc3c(C)nn(C)c3C)CC2)s1. The lowest BCUT2D eigenvalue weighted by atomic mass is 10.1. The highest BCUT2D eigenvalue weighted by Crippen LogP contribution is 2.29. The zero-order valence-corrected chi connectivity index (χ0v) is 19.4. The maximum absolute atomic E-state index is 12.1.